The second-order valence-corrected chi connectivity index (χ2v) is 5.10. The lowest BCUT2D eigenvalue weighted by Gasteiger charge is -2.31. The molecule has 1 fully saturated rings. The highest BCUT2D eigenvalue weighted by molar-refractivity contribution is 7.99. The van der Waals surface area contributed by atoms with Crippen LogP contribution in [-0.2, 0) is 0 Å². The molecule has 0 amide bonds. The predicted octanol–water partition coefficient (Wildman–Crippen LogP) is 0.929. The van der Waals surface area contributed by atoms with Crippen molar-refractivity contribution in [2.24, 2.45) is 5.92 Å². The van der Waals surface area contributed by atoms with E-state index in [1.807, 2.05) is 13.1 Å². The molecule has 1 aliphatic carbocycles. The summed E-state index contributed by atoms with van der Waals surface area (Å²) < 4.78 is 0. The molecule has 0 radical (unpaired) electrons. The molecule has 1 atom stereocenters. The molecule has 5 heteroatoms. The third-order valence-corrected chi connectivity index (χ3v) is 4.27. The van der Waals surface area contributed by atoms with E-state index in [1.165, 1.54) is 12.8 Å². The molecule has 4 nitrogen and oxygen atoms in total. The summed E-state index contributed by atoms with van der Waals surface area (Å²) in [6.45, 7) is 0.175. The zero-order chi connectivity index (χ0) is 11.4. The number of aliphatic hydroxyl groups is 1. The lowest BCUT2D eigenvalue weighted by Crippen LogP contribution is -2.51. The Balaban J connectivity index is 1.96. The van der Waals surface area contributed by atoms with Crippen molar-refractivity contribution >= 4 is 11.8 Å². The molecule has 16 heavy (non-hydrogen) atoms. The normalized spacial score (nSPS) is 19.4. The fourth-order valence-corrected chi connectivity index (χ4v) is 2.97. The van der Waals surface area contributed by atoms with Crippen LogP contribution in [0.4, 0.5) is 0 Å². The first kappa shape index (κ1) is 11.8. The molecular formula is C11H17N3OS. The number of hydrogen-bond donors (Lipinski definition) is 2. The summed E-state index contributed by atoms with van der Waals surface area (Å²) in [5.74, 6) is 1.41. The number of nitrogens with zero attached hydrogens (tertiary/aromatic N) is 2. The van der Waals surface area contributed by atoms with E-state index in [4.69, 9.17) is 0 Å². The van der Waals surface area contributed by atoms with Crippen LogP contribution < -0.4 is 5.32 Å². The SMILES string of the molecule is CNC(CO)(CSc1ncccn1)C1CC1. The van der Waals surface area contributed by atoms with E-state index in [2.05, 4.69) is 15.3 Å². The van der Waals surface area contributed by atoms with Crippen molar-refractivity contribution in [2.75, 3.05) is 19.4 Å². The molecule has 1 aliphatic rings. The molecule has 1 aromatic heterocycles. The molecule has 1 unspecified atom stereocenters. The van der Waals surface area contributed by atoms with Gasteiger partial charge in [-0.05, 0) is 31.9 Å². The zero-order valence-electron chi connectivity index (χ0n) is 9.39. The summed E-state index contributed by atoms with van der Waals surface area (Å²) in [7, 11) is 1.92. The Kier molecular flexibility index (Phi) is 3.78. The van der Waals surface area contributed by atoms with Gasteiger partial charge in [-0.2, -0.15) is 0 Å². The van der Waals surface area contributed by atoms with Gasteiger partial charge in [-0.1, -0.05) is 11.8 Å². The van der Waals surface area contributed by atoms with Crippen LogP contribution in [0.3, 0.4) is 0 Å². The summed E-state index contributed by atoms with van der Waals surface area (Å²) >= 11 is 1.60. The van der Waals surface area contributed by atoms with Gasteiger partial charge in [0.1, 0.15) is 0 Å². The largest absolute Gasteiger partial charge is 0.394 e. The fourth-order valence-electron chi connectivity index (χ4n) is 1.84. The number of nitrogens with one attached hydrogen (secondary N) is 1. The molecular weight excluding hydrogens is 222 g/mol. The second kappa shape index (κ2) is 5.12. The van der Waals surface area contributed by atoms with Gasteiger partial charge in [0.25, 0.3) is 0 Å². The van der Waals surface area contributed by atoms with E-state index in [1.54, 1.807) is 24.2 Å². The smallest absolute Gasteiger partial charge is 0.187 e. The van der Waals surface area contributed by atoms with E-state index in [0.29, 0.717) is 5.92 Å². The zero-order valence-corrected chi connectivity index (χ0v) is 10.2. The van der Waals surface area contributed by atoms with Gasteiger partial charge < -0.3 is 10.4 Å². The van der Waals surface area contributed by atoms with Gasteiger partial charge in [0, 0.05) is 18.1 Å². The average molecular weight is 239 g/mol. The van der Waals surface area contributed by atoms with Gasteiger partial charge in [-0.15, -0.1) is 0 Å². The first-order valence-corrected chi connectivity index (χ1v) is 6.49. The van der Waals surface area contributed by atoms with Crippen LogP contribution in [0, 0.1) is 5.92 Å². The molecule has 1 saturated carbocycles. The van der Waals surface area contributed by atoms with Gasteiger partial charge in [-0.3, -0.25) is 0 Å². The molecule has 0 aromatic carbocycles. The Morgan fingerprint density at radius 1 is 1.50 bits per heavy atom. The Morgan fingerprint density at radius 2 is 2.19 bits per heavy atom. The van der Waals surface area contributed by atoms with Crippen molar-refractivity contribution < 1.29 is 5.11 Å². The number of hydrogen-bond acceptors (Lipinski definition) is 5. The highest BCUT2D eigenvalue weighted by atomic mass is 32.2. The van der Waals surface area contributed by atoms with Gasteiger partial charge >= 0.3 is 0 Å². The van der Waals surface area contributed by atoms with Gasteiger partial charge in [0.15, 0.2) is 5.16 Å². The standard InChI is InChI=1S/C11H17N3OS/c1-12-11(7-15,9-3-4-9)8-16-10-13-5-2-6-14-10/h2,5-6,9,12,15H,3-4,7-8H2,1H3. The number of thioether (sulfide) groups is 1. The molecule has 0 spiro atoms. The summed E-state index contributed by atoms with van der Waals surface area (Å²) in [5.41, 5.74) is -0.163. The summed E-state index contributed by atoms with van der Waals surface area (Å²) in [4.78, 5) is 8.35. The Morgan fingerprint density at radius 3 is 2.69 bits per heavy atom. The molecule has 2 rings (SSSR count). The summed E-state index contributed by atoms with van der Waals surface area (Å²) in [6, 6.07) is 1.81. The molecule has 0 aliphatic heterocycles. The third-order valence-electron chi connectivity index (χ3n) is 3.14. The fraction of sp³-hybridized carbons (Fsp3) is 0.636. The van der Waals surface area contributed by atoms with Crippen molar-refractivity contribution in [2.45, 2.75) is 23.5 Å². The number of likely N-dealkylation sites (N-methyl/N-ethyl adjacent to an activating group) is 1. The molecule has 1 heterocycles. The van der Waals surface area contributed by atoms with Crippen LogP contribution in [0.1, 0.15) is 12.8 Å². The van der Waals surface area contributed by atoms with Crippen LogP contribution in [0.15, 0.2) is 23.6 Å². The van der Waals surface area contributed by atoms with Crippen molar-refractivity contribution in [3.63, 3.8) is 0 Å². The van der Waals surface area contributed by atoms with Gasteiger partial charge in [0.05, 0.1) is 12.1 Å². The van der Waals surface area contributed by atoms with E-state index in [9.17, 15) is 5.11 Å². The minimum absolute atomic E-state index is 0.163. The second-order valence-electron chi connectivity index (χ2n) is 4.16. The molecule has 0 bridgehead atoms. The third kappa shape index (κ3) is 2.53. The lowest BCUT2D eigenvalue weighted by atomic mass is 9.97. The quantitative estimate of drug-likeness (QED) is 0.571. The molecule has 0 saturated heterocycles. The molecule has 88 valence electrons. The topological polar surface area (TPSA) is 58.0 Å². The minimum atomic E-state index is -0.163. The first-order chi connectivity index (χ1) is 7.80. The maximum Gasteiger partial charge on any atom is 0.187 e. The molecule has 2 N–H and O–H groups in total. The number of rotatable bonds is 6. The van der Waals surface area contributed by atoms with E-state index < -0.39 is 0 Å². The Hall–Kier alpha value is -0.650. The number of aromatic nitrogens is 2. The maximum absolute atomic E-state index is 9.55. The highest BCUT2D eigenvalue weighted by Gasteiger charge is 2.43. The summed E-state index contributed by atoms with van der Waals surface area (Å²) in [6.07, 6.45) is 5.90. The highest BCUT2D eigenvalue weighted by Crippen LogP contribution is 2.41. The van der Waals surface area contributed by atoms with Crippen LogP contribution >= 0.6 is 11.8 Å². The van der Waals surface area contributed by atoms with Crippen LogP contribution in [0.2, 0.25) is 0 Å². The first-order valence-electron chi connectivity index (χ1n) is 5.50. The predicted molar refractivity (Wildman–Crippen MR) is 64.4 cm³/mol. The average Bonchev–Trinajstić information content (AvgIpc) is 3.17. The van der Waals surface area contributed by atoms with Crippen molar-refractivity contribution in [3.8, 4) is 0 Å². The van der Waals surface area contributed by atoms with E-state index >= 15 is 0 Å². The van der Waals surface area contributed by atoms with Crippen LogP contribution in [0.25, 0.3) is 0 Å². The lowest BCUT2D eigenvalue weighted by molar-refractivity contribution is 0.167. The Labute approximate surface area is 99.9 Å². The Bertz CT molecular complexity index is 325. The van der Waals surface area contributed by atoms with E-state index in [0.717, 1.165) is 10.9 Å². The number of aliphatic hydroxyl groups excluding tert-OH is 1. The monoisotopic (exact) mass is 239 g/mol. The van der Waals surface area contributed by atoms with Crippen LogP contribution in [-0.4, -0.2) is 40.0 Å². The summed E-state index contributed by atoms with van der Waals surface area (Å²) in [5, 5.41) is 13.6. The molecule has 1 aromatic rings. The minimum Gasteiger partial charge on any atom is -0.394 e. The van der Waals surface area contributed by atoms with Crippen LogP contribution in [0.5, 0.6) is 0 Å². The van der Waals surface area contributed by atoms with Crippen molar-refractivity contribution in [1.29, 1.82) is 0 Å². The van der Waals surface area contributed by atoms with Gasteiger partial charge in [-0.25, -0.2) is 9.97 Å². The van der Waals surface area contributed by atoms with Crippen molar-refractivity contribution in [1.82, 2.24) is 15.3 Å². The van der Waals surface area contributed by atoms with Gasteiger partial charge in [0.2, 0.25) is 0 Å². The maximum atomic E-state index is 9.55. The van der Waals surface area contributed by atoms with E-state index in [-0.39, 0.29) is 12.1 Å². The van der Waals surface area contributed by atoms with Crippen molar-refractivity contribution in [3.05, 3.63) is 18.5 Å².